The quantitative estimate of drug-likeness (QED) is 0.591. The Hall–Kier alpha value is -0.850. The molecule has 0 aromatic rings. The van der Waals surface area contributed by atoms with E-state index in [-0.39, 0.29) is 22.5 Å². The van der Waals surface area contributed by atoms with Gasteiger partial charge in [0.1, 0.15) is 0 Å². The molecule has 1 nitrogen and oxygen atoms in total. The fraction of sp³-hybridized carbons (Fsp3) is 0.643. The summed E-state index contributed by atoms with van der Waals surface area (Å²) >= 11 is 0. The Bertz CT molecular complexity index is 318. The number of allylic oxidation sites excluding steroid dienone is 4. The lowest BCUT2D eigenvalue weighted by Crippen LogP contribution is -2.33. The Morgan fingerprint density at radius 2 is 1.67 bits per heavy atom. The minimum atomic E-state index is -0.0815. The predicted molar refractivity (Wildman–Crippen MR) is 63.3 cm³/mol. The average Bonchev–Trinajstić information content (AvgIpc) is 1.99. The fourth-order valence-corrected chi connectivity index (χ4v) is 1.77. The lowest BCUT2D eigenvalue weighted by atomic mass is 9.70. The van der Waals surface area contributed by atoms with Gasteiger partial charge in [0.25, 0.3) is 0 Å². The Morgan fingerprint density at radius 1 is 1.13 bits per heavy atom. The molecular formula is C14H21O. The highest BCUT2D eigenvalue weighted by atomic mass is 16.1. The van der Waals surface area contributed by atoms with E-state index in [1.165, 1.54) is 0 Å². The minimum Gasteiger partial charge on any atom is -0.294 e. The lowest BCUT2D eigenvalue weighted by Gasteiger charge is -2.33. The number of Topliss-reactive ketones (excluding diaryl/α,β-unsaturated/α-hetero) is 1. The minimum absolute atomic E-state index is 0.0190. The summed E-state index contributed by atoms with van der Waals surface area (Å²) in [5, 5.41) is 0. The van der Waals surface area contributed by atoms with Gasteiger partial charge in [-0.2, -0.15) is 0 Å². The lowest BCUT2D eigenvalue weighted by molar-refractivity contribution is -0.121. The van der Waals surface area contributed by atoms with Crippen LogP contribution >= 0.6 is 0 Å². The van der Waals surface area contributed by atoms with E-state index < -0.39 is 0 Å². The molecule has 0 saturated heterocycles. The van der Waals surface area contributed by atoms with Gasteiger partial charge < -0.3 is 0 Å². The summed E-state index contributed by atoms with van der Waals surface area (Å²) in [4.78, 5) is 12.3. The zero-order chi connectivity index (χ0) is 11.9. The van der Waals surface area contributed by atoms with Gasteiger partial charge in [-0.05, 0) is 23.0 Å². The highest BCUT2D eigenvalue weighted by Gasteiger charge is 2.36. The summed E-state index contributed by atoms with van der Waals surface area (Å²) in [5.41, 5.74) is 0.793. The molecule has 1 aliphatic carbocycles. The maximum Gasteiger partial charge on any atom is 0.166 e. The van der Waals surface area contributed by atoms with Gasteiger partial charge in [-0.1, -0.05) is 47.6 Å². The summed E-state index contributed by atoms with van der Waals surface area (Å²) in [7, 11) is 0. The van der Waals surface area contributed by atoms with E-state index in [4.69, 9.17) is 0 Å². The zero-order valence-corrected chi connectivity index (χ0v) is 10.6. The van der Waals surface area contributed by atoms with Crippen LogP contribution in [0.25, 0.3) is 0 Å². The molecule has 1 rings (SSSR count). The molecule has 1 aliphatic rings. The van der Waals surface area contributed by atoms with Crippen LogP contribution in [0.3, 0.4) is 0 Å². The normalized spacial score (nSPS) is 22.9. The first-order chi connectivity index (χ1) is 6.64. The molecule has 0 heterocycles. The van der Waals surface area contributed by atoms with E-state index in [1.54, 1.807) is 0 Å². The monoisotopic (exact) mass is 205 g/mol. The molecule has 0 amide bonds. The van der Waals surface area contributed by atoms with Crippen molar-refractivity contribution in [3.05, 3.63) is 23.8 Å². The standard InChI is InChI=1S/C14H21O/c1-13(2,3)10-8-7-9-11(12(10)15)14(4,5)6/h8-10H,1-6H3. The van der Waals surface area contributed by atoms with Crippen molar-refractivity contribution in [3.63, 3.8) is 0 Å². The molecule has 0 saturated carbocycles. The second-order valence-electron chi connectivity index (χ2n) is 6.35. The molecule has 0 spiro atoms. The highest BCUT2D eigenvalue weighted by Crippen LogP contribution is 2.37. The van der Waals surface area contributed by atoms with Crippen LogP contribution in [0, 0.1) is 22.8 Å². The molecule has 0 bridgehead atoms. The second kappa shape index (κ2) is 3.62. The number of ketones is 1. The van der Waals surface area contributed by atoms with E-state index in [0.717, 1.165) is 5.57 Å². The molecule has 0 fully saturated rings. The third-order valence-corrected chi connectivity index (χ3v) is 2.78. The van der Waals surface area contributed by atoms with E-state index in [0.29, 0.717) is 0 Å². The van der Waals surface area contributed by atoms with E-state index >= 15 is 0 Å². The van der Waals surface area contributed by atoms with Crippen molar-refractivity contribution in [2.24, 2.45) is 16.7 Å². The first-order valence-electron chi connectivity index (χ1n) is 5.48. The molecule has 15 heavy (non-hydrogen) atoms. The molecule has 83 valence electrons. The van der Waals surface area contributed by atoms with Crippen molar-refractivity contribution in [3.8, 4) is 0 Å². The fourth-order valence-electron chi connectivity index (χ4n) is 1.77. The highest BCUT2D eigenvalue weighted by molar-refractivity contribution is 6.00. The van der Waals surface area contributed by atoms with Gasteiger partial charge in [0, 0.05) is 11.5 Å². The van der Waals surface area contributed by atoms with Crippen LogP contribution in [0.15, 0.2) is 17.7 Å². The summed E-state index contributed by atoms with van der Waals surface area (Å²) in [6.07, 6.45) is 6.86. The SMILES string of the molecule is CC(C)(C)C1=C[C]=CC(C(C)(C)C)C1=O. The maximum absolute atomic E-state index is 12.3. The van der Waals surface area contributed by atoms with Gasteiger partial charge in [0.2, 0.25) is 0 Å². The molecule has 1 heteroatoms. The largest absolute Gasteiger partial charge is 0.294 e. The molecule has 1 radical (unpaired) electrons. The molecule has 1 atom stereocenters. The van der Waals surface area contributed by atoms with Crippen LogP contribution in [0.5, 0.6) is 0 Å². The van der Waals surface area contributed by atoms with Crippen LogP contribution in [-0.2, 0) is 4.79 Å². The summed E-state index contributed by atoms with van der Waals surface area (Å²) in [5.74, 6) is 0.227. The van der Waals surface area contributed by atoms with Gasteiger partial charge in [0.05, 0.1) is 0 Å². The molecule has 1 unspecified atom stereocenters. The number of hydrogen-bond acceptors (Lipinski definition) is 1. The second-order valence-corrected chi connectivity index (χ2v) is 6.35. The van der Waals surface area contributed by atoms with Crippen LogP contribution in [0.1, 0.15) is 41.5 Å². The number of hydrogen-bond donors (Lipinski definition) is 0. The topological polar surface area (TPSA) is 17.1 Å². The van der Waals surface area contributed by atoms with Gasteiger partial charge in [0.15, 0.2) is 5.78 Å². The van der Waals surface area contributed by atoms with E-state index in [9.17, 15) is 4.79 Å². The maximum atomic E-state index is 12.3. The van der Waals surface area contributed by atoms with Crippen molar-refractivity contribution in [2.75, 3.05) is 0 Å². The Morgan fingerprint density at radius 3 is 2.07 bits per heavy atom. The van der Waals surface area contributed by atoms with E-state index in [2.05, 4.69) is 47.6 Å². The molecule has 0 aromatic heterocycles. The Labute approximate surface area is 93.3 Å². The van der Waals surface area contributed by atoms with Crippen LogP contribution in [0.2, 0.25) is 0 Å². The van der Waals surface area contributed by atoms with Crippen LogP contribution in [0.4, 0.5) is 0 Å². The van der Waals surface area contributed by atoms with Gasteiger partial charge in [-0.3, -0.25) is 4.79 Å². The van der Waals surface area contributed by atoms with Crippen LogP contribution < -0.4 is 0 Å². The molecule has 0 aromatic carbocycles. The summed E-state index contributed by atoms with van der Waals surface area (Å²) in [6, 6.07) is 0. The smallest absolute Gasteiger partial charge is 0.166 e. The number of rotatable bonds is 0. The van der Waals surface area contributed by atoms with Crippen molar-refractivity contribution in [1.29, 1.82) is 0 Å². The Balaban J connectivity index is 3.05. The average molecular weight is 205 g/mol. The zero-order valence-electron chi connectivity index (χ0n) is 10.6. The third-order valence-electron chi connectivity index (χ3n) is 2.78. The van der Waals surface area contributed by atoms with Crippen molar-refractivity contribution in [2.45, 2.75) is 41.5 Å². The number of carbonyl (C=O) groups is 1. The van der Waals surface area contributed by atoms with Crippen molar-refractivity contribution < 1.29 is 4.79 Å². The predicted octanol–water partition coefficient (Wildman–Crippen LogP) is 3.56. The van der Waals surface area contributed by atoms with Crippen molar-refractivity contribution >= 4 is 5.78 Å². The molecular weight excluding hydrogens is 184 g/mol. The van der Waals surface area contributed by atoms with Gasteiger partial charge in [-0.25, -0.2) is 0 Å². The third kappa shape index (κ3) is 2.58. The van der Waals surface area contributed by atoms with Crippen molar-refractivity contribution in [1.82, 2.24) is 0 Å². The Kier molecular flexibility index (Phi) is 2.95. The molecule has 0 aliphatic heterocycles. The first kappa shape index (κ1) is 12.2. The number of carbonyl (C=O) groups excluding carboxylic acids is 1. The van der Waals surface area contributed by atoms with Crippen LogP contribution in [-0.4, -0.2) is 5.78 Å². The summed E-state index contributed by atoms with van der Waals surface area (Å²) in [6.45, 7) is 12.5. The van der Waals surface area contributed by atoms with Gasteiger partial charge >= 0.3 is 0 Å². The van der Waals surface area contributed by atoms with E-state index in [1.807, 2.05) is 12.2 Å². The summed E-state index contributed by atoms with van der Waals surface area (Å²) < 4.78 is 0. The van der Waals surface area contributed by atoms with Gasteiger partial charge in [-0.15, -0.1) is 0 Å². The molecule has 0 N–H and O–H groups in total. The first-order valence-corrected chi connectivity index (χ1v) is 5.48.